The highest BCUT2D eigenvalue weighted by Crippen LogP contribution is 2.21. The van der Waals surface area contributed by atoms with Crippen LogP contribution >= 0.6 is 11.3 Å². The van der Waals surface area contributed by atoms with Gasteiger partial charge in [-0.3, -0.25) is 10.1 Å². The van der Waals surface area contributed by atoms with Crippen LogP contribution in [-0.4, -0.2) is 14.9 Å². The lowest BCUT2D eigenvalue weighted by Crippen LogP contribution is -1.87. The molecule has 0 aliphatic rings. The Labute approximate surface area is 118 Å². The van der Waals surface area contributed by atoms with E-state index in [0.717, 1.165) is 20.9 Å². The van der Waals surface area contributed by atoms with E-state index in [-0.39, 0.29) is 5.69 Å². The SMILES string of the molecule is O=[N+]([O-])c1cccc(/C=C/c2nc3cccnc3s2)c1. The topological polar surface area (TPSA) is 68.9 Å². The van der Waals surface area contributed by atoms with E-state index in [0.29, 0.717) is 0 Å². The van der Waals surface area contributed by atoms with Crippen LogP contribution in [0.25, 0.3) is 22.5 Å². The maximum atomic E-state index is 10.7. The molecular weight excluding hydrogens is 274 g/mol. The van der Waals surface area contributed by atoms with E-state index in [4.69, 9.17) is 0 Å². The Morgan fingerprint density at radius 3 is 2.90 bits per heavy atom. The van der Waals surface area contributed by atoms with Gasteiger partial charge in [0.2, 0.25) is 0 Å². The number of benzene rings is 1. The summed E-state index contributed by atoms with van der Waals surface area (Å²) in [6, 6.07) is 10.2. The smallest absolute Gasteiger partial charge is 0.258 e. The zero-order chi connectivity index (χ0) is 13.9. The van der Waals surface area contributed by atoms with Crippen LogP contribution in [-0.2, 0) is 0 Å². The highest BCUT2D eigenvalue weighted by atomic mass is 32.1. The van der Waals surface area contributed by atoms with E-state index in [1.165, 1.54) is 23.5 Å². The summed E-state index contributed by atoms with van der Waals surface area (Å²) < 4.78 is 0. The molecule has 0 unspecified atom stereocenters. The average molecular weight is 283 g/mol. The van der Waals surface area contributed by atoms with Gasteiger partial charge in [0.1, 0.15) is 15.4 Å². The van der Waals surface area contributed by atoms with Crippen LogP contribution in [0.15, 0.2) is 42.6 Å². The minimum atomic E-state index is -0.404. The lowest BCUT2D eigenvalue weighted by atomic mass is 10.2. The third-order valence-electron chi connectivity index (χ3n) is 2.68. The zero-order valence-corrected chi connectivity index (χ0v) is 11.1. The van der Waals surface area contributed by atoms with Gasteiger partial charge < -0.3 is 0 Å². The van der Waals surface area contributed by atoms with Crippen LogP contribution in [0.3, 0.4) is 0 Å². The van der Waals surface area contributed by atoms with E-state index in [1.807, 2.05) is 30.4 Å². The van der Waals surface area contributed by atoms with Gasteiger partial charge in [-0.25, -0.2) is 9.97 Å². The van der Waals surface area contributed by atoms with Crippen LogP contribution in [0.1, 0.15) is 10.6 Å². The van der Waals surface area contributed by atoms with E-state index in [2.05, 4.69) is 9.97 Å². The van der Waals surface area contributed by atoms with Gasteiger partial charge in [-0.1, -0.05) is 29.5 Å². The third kappa shape index (κ3) is 2.55. The second-order valence-corrected chi connectivity index (χ2v) is 5.07. The fourth-order valence-electron chi connectivity index (χ4n) is 1.77. The number of hydrogen-bond donors (Lipinski definition) is 0. The summed E-state index contributed by atoms with van der Waals surface area (Å²) in [7, 11) is 0. The maximum absolute atomic E-state index is 10.7. The summed E-state index contributed by atoms with van der Waals surface area (Å²) in [5, 5.41) is 11.5. The lowest BCUT2D eigenvalue weighted by molar-refractivity contribution is -0.384. The van der Waals surface area contributed by atoms with Gasteiger partial charge in [-0.05, 0) is 23.8 Å². The average Bonchev–Trinajstić information content (AvgIpc) is 2.88. The summed E-state index contributed by atoms with van der Waals surface area (Å²) in [5.41, 5.74) is 1.71. The number of rotatable bonds is 3. The molecule has 0 radical (unpaired) electrons. The van der Waals surface area contributed by atoms with Crippen molar-refractivity contribution >= 4 is 39.5 Å². The molecule has 0 fully saturated rings. The number of nitro groups is 1. The number of fused-ring (bicyclic) bond motifs is 1. The van der Waals surface area contributed by atoms with E-state index in [1.54, 1.807) is 12.3 Å². The first-order valence-electron chi connectivity index (χ1n) is 5.86. The normalized spacial score (nSPS) is 11.2. The minimum Gasteiger partial charge on any atom is -0.258 e. The molecule has 20 heavy (non-hydrogen) atoms. The summed E-state index contributed by atoms with van der Waals surface area (Å²) in [5.74, 6) is 0. The molecule has 0 bridgehead atoms. The molecular formula is C14H9N3O2S. The first kappa shape index (κ1) is 12.4. The van der Waals surface area contributed by atoms with E-state index in [9.17, 15) is 10.1 Å². The van der Waals surface area contributed by atoms with E-state index >= 15 is 0 Å². The molecule has 2 heterocycles. The van der Waals surface area contributed by atoms with Crippen molar-refractivity contribution in [3.05, 3.63) is 63.3 Å². The second kappa shape index (κ2) is 5.18. The fourth-order valence-corrected chi connectivity index (χ4v) is 2.58. The molecule has 0 aliphatic heterocycles. The number of non-ortho nitro benzene ring substituents is 1. The Hall–Kier alpha value is -2.60. The molecule has 98 valence electrons. The van der Waals surface area contributed by atoms with Gasteiger partial charge >= 0.3 is 0 Å². The van der Waals surface area contributed by atoms with Crippen LogP contribution < -0.4 is 0 Å². The summed E-state index contributed by atoms with van der Waals surface area (Å²) >= 11 is 1.48. The molecule has 3 rings (SSSR count). The molecule has 0 aliphatic carbocycles. The first-order valence-corrected chi connectivity index (χ1v) is 6.68. The number of pyridine rings is 1. The summed E-state index contributed by atoms with van der Waals surface area (Å²) in [6.45, 7) is 0. The molecule has 0 saturated heterocycles. The summed E-state index contributed by atoms with van der Waals surface area (Å²) in [4.78, 5) is 19.8. The molecule has 0 atom stereocenters. The molecule has 3 aromatic rings. The number of hydrogen-bond acceptors (Lipinski definition) is 5. The van der Waals surface area contributed by atoms with Gasteiger partial charge in [0.25, 0.3) is 5.69 Å². The molecule has 5 nitrogen and oxygen atoms in total. The monoisotopic (exact) mass is 283 g/mol. The second-order valence-electron chi connectivity index (χ2n) is 4.07. The zero-order valence-electron chi connectivity index (χ0n) is 10.3. The van der Waals surface area contributed by atoms with Crippen molar-refractivity contribution in [1.29, 1.82) is 0 Å². The maximum Gasteiger partial charge on any atom is 0.270 e. The predicted octanol–water partition coefficient (Wildman–Crippen LogP) is 3.77. The lowest BCUT2D eigenvalue weighted by Gasteiger charge is -1.93. The summed E-state index contributed by atoms with van der Waals surface area (Å²) in [6.07, 6.45) is 5.38. The molecule has 0 amide bonds. The number of aromatic nitrogens is 2. The van der Waals surface area contributed by atoms with Crippen molar-refractivity contribution < 1.29 is 4.92 Å². The van der Waals surface area contributed by atoms with Gasteiger partial charge in [-0.2, -0.15) is 0 Å². The van der Waals surface area contributed by atoms with Crippen molar-refractivity contribution in [2.24, 2.45) is 0 Å². The van der Waals surface area contributed by atoms with E-state index < -0.39 is 4.92 Å². The van der Waals surface area contributed by atoms with Gasteiger partial charge in [0.05, 0.1) is 4.92 Å². The minimum absolute atomic E-state index is 0.0816. The largest absolute Gasteiger partial charge is 0.270 e. The van der Waals surface area contributed by atoms with Crippen molar-refractivity contribution in [2.75, 3.05) is 0 Å². The molecule has 0 saturated carbocycles. The molecule has 0 spiro atoms. The highest BCUT2D eigenvalue weighted by molar-refractivity contribution is 7.18. The van der Waals surface area contributed by atoms with Crippen molar-refractivity contribution in [1.82, 2.24) is 9.97 Å². The predicted molar refractivity (Wildman–Crippen MR) is 79.4 cm³/mol. The number of thiazole rings is 1. The van der Waals surface area contributed by atoms with Crippen molar-refractivity contribution in [2.45, 2.75) is 0 Å². The Morgan fingerprint density at radius 2 is 2.10 bits per heavy atom. The van der Waals surface area contributed by atoms with Crippen LogP contribution in [0, 0.1) is 10.1 Å². The Morgan fingerprint density at radius 1 is 1.20 bits per heavy atom. The van der Waals surface area contributed by atoms with Crippen LogP contribution in [0.4, 0.5) is 5.69 Å². The Kier molecular flexibility index (Phi) is 3.22. The fraction of sp³-hybridized carbons (Fsp3) is 0. The number of nitrogens with zero attached hydrogens (tertiary/aromatic N) is 3. The molecule has 0 N–H and O–H groups in total. The molecule has 6 heteroatoms. The van der Waals surface area contributed by atoms with Gasteiger partial charge in [0.15, 0.2) is 0 Å². The standard InChI is InChI=1S/C14H9N3O2S/c18-17(19)11-4-1-3-10(9-11)6-7-13-16-12-5-2-8-15-14(12)20-13/h1-9H/b7-6+. The Balaban J connectivity index is 1.89. The van der Waals surface area contributed by atoms with Crippen molar-refractivity contribution in [3.63, 3.8) is 0 Å². The number of nitro benzene ring substituents is 1. The molecule has 1 aromatic carbocycles. The van der Waals surface area contributed by atoms with Gasteiger partial charge in [0, 0.05) is 18.3 Å². The Bertz CT molecular complexity index is 778. The first-order chi connectivity index (χ1) is 9.72. The quantitative estimate of drug-likeness (QED) is 0.542. The molecule has 2 aromatic heterocycles. The van der Waals surface area contributed by atoms with Crippen molar-refractivity contribution in [3.8, 4) is 0 Å². The third-order valence-corrected chi connectivity index (χ3v) is 3.63. The highest BCUT2D eigenvalue weighted by Gasteiger charge is 2.04. The van der Waals surface area contributed by atoms with Crippen LogP contribution in [0.5, 0.6) is 0 Å². The van der Waals surface area contributed by atoms with Gasteiger partial charge in [-0.15, -0.1) is 0 Å². The van der Waals surface area contributed by atoms with Crippen LogP contribution in [0.2, 0.25) is 0 Å².